The van der Waals surface area contributed by atoms with E-state index in [9.17, 15) is 9.59 Å². The first-order chi connectivity index (χ1) is 13.1. The first-order valence-electron chi connectivity index (χ1n) is 10.1. The van der Waals surface area contributed by atoms with Crippen LogP contribution in [-0.4, -0.2) is 66.5 Å². The molecule has 1 aromatic carbocycles. The van der Waals surface area contributed by atoms with Crippen molar-refractivity contribution in [3.8, 4) is 5.75 Å². The molecule has 6 nitrogen and oxygen atoms in total. The summed E-state index contributed by atoms with van der Waals surface area (Å²) in [6.45, 7) is 7.59. The van der Waals surface area contributed by atoms with Crippen LogP contribution < -0.4 is 10.1 Å². The van der Waals surface area contributed by atoms with E-state index in [1.807, 2.05) is 40.1 Å². The molecular weight excluding hydrogens is 378 g/mol. The van der Waals surface area contributed by atoms with Crippen molar-refractivity contribution in [3.05, 3.63) is 30.3 Å². The third-order valence-electron chi connectivity index (χ3n) is 5.84. The van der Waals surface area contributed by atoms with Crippen molar-refractivity contribution < 1.29 is 14.3 Å². The van der Waals surface area contributed by atoms with Gasteiger partial charge >= 0.3 is 0 Å². The zero-order chi connectivity index (χ0) is 19.2. The van der Waals surface area contributed by atoms with Crippen LogP contribution in [0.25, 0.3) is 0 Å². The Kier molecular flexibility index (Phi) is 8.58. The average molecular weight is 410 g/mol. The number of nitrogens with one attached hydrogen (secondary N) is 1. The number of likely N-dealkylation sites (tertiary alicyclic amines) is 1. The molecule has 2 aliphatic rings. The molecule has 0 radical (unpaired) electrons. The standard InChI is InChI=1S/C21H31N3O3.ClH/c1-16-17(2)24(14-11-22-16)21(26)18-8-12-23(13-9-18)20(25)10-15-27-19-6-4-3-5-7-19;/h3-7,16-18,22H,8-15H2,1-2H3;1H. The van der Waals surface area contributed by atoms with Crippen molar-refractivity contribution in [3.63, 3.8) is 0 Å². The van der Waals surface area contributed by atoms with Crippen LogP contribution in [0, 0.1) is 5.92 Å². The lowest BCUT2D eigenvalue weighted by molar-refractivity contribution is -0.143. The molecule has 7 heteroatoms. The Morgan fingerprint density at radius 2 is 1.79 bits per heavy atom. The van der Waals surface area contributed by atoms with Crippen LogP contribution in [0.5, 0.6) is 5.75 Å². The highest BCUT2D eigenvalue weighted by molar-refractivity contribution is 5.85. The third kappa shape index (κ3) is 5.61. The van der Waals surface area contributed by atoms with Crippen LogP contribution in [0.4, 0.5) is 0 Å². The smallest absolute Gasteiger partial charge is 0.226 e. The average Bonchev–Trinajstić information content (AvgIpc) is 2.70. The number of carbonyl (C=O) groups is 2. The van der Waals surface area contributed by atoms with E-state index in [-0.39, 0.29) is 36.2 Å². The predicted molar refractivity (Wildman–Crippen MR) is 112 cm³/mol. The Hall–Kier alpha value is -1.79. The summed E-state index contributed by atoms with van der Waals surface area (Å²) in [7, 11) is 0. The van der Waals surface area contributed by atoms with Crippen molar-refractivity contribution in [1.82, 2.24) is 15.1 Å². The van der Waals surface area contributed by atoms with Crippen molar-refractivity contribution in [2.24, 2.45) is 5.92 Å². The first-order valence-corrected chi connectivity index (χ1v) is 10.1. The van der Waals surface area contributed by atoms with Crippen LogP contribution in [0.15, 0.2) is 30.3 Å². The largest absolute Gasteiger partial charge is 0.493 e. The molecule has 2 amide bonds. The molecule has 0 spiro atoms. The van der Waals surface area contributed by atoms with Crippen LogP contribution in [0.2, 0.25) is 0 Å². The van der Waals surface area contributed by atoms with Crippen LogP contribution in [-0.2, 0) is 9.59 Å². The normalized spacial score (nSPS) is 23.1. The lowest BCUT2D eigenvalue weighted by Gasteiger charge is -2.41. The molecule has 1 N–H and O–H groups in total. The zero-order valence-electron chi connectivity index (χ0n) is 16.8. The maximum atomic E-state index is 12.9. The Bertz CT molecular complexity index is 635. The van der Waals surface area contributed by atoms with Gasteiger partial charge in [-0.05, 0) is 38.8 Å². The van der Waals surface area contributed by atoms with E-state index in [0.717, 1.165) is 31.7 Å². The minimum absolute atomic E-state index is 0. The summed E-state index contributed by atoms with van der Waals surface area (Å²) in [6.07, 6.45) is 1.89. The second kappa shape index (κ2) is 10.7. The quantitative estimate of drug-likeness (QED) is 0.810. The van der Waals surface area contributed by atoms with Crippen molar-refractivity contribution in [2.45, 2.75) is 45.2 Å². The molecule has 1 aromatic rings. The highest BCUT2D eigenvalue weighted by atomic mass is 35.5. The van der Waals surface area contributed by atoms with Gasteiger partial charge in [0.1, 0.15) is 5.75 Å². The molecule has 0 aliphatic carbocycles. The van der Waals surface area contributed by atoms with Gasteiger partial charge in [0.25, 0.3) is 0 Å². The number of carbonyl (C=O) groups excluding carboxylic acids is 2. The molecule has 0 saturated carbocycles. The molecule has 2 atom stereocenters. The molecular formula is C21H32ClN3O3. The summed E-state index contributed by atoms with van der Waals surface area (Å²) in [5.74, 6) is 1.20. The molecule has 2 saturated heterocycles. The predicted octanol–water partition coefficient (Wildman–Crippen LogP) is 2.32. The summed E-state index contributed by atoms with van der Waals surface area (Å²) in [5, 5.41) is 3.41. The molecule has 2 fully saturated rings. The fraction of sp³-hybridized carbons (Fsp3) is 0.619. The van der Waals surface area contributed by atoms with Gasteiger partial charge in [-0.2, -0.15) is 0 Å². The van der Waals surface area contributed by atoms with E-state index in [1.54, 1.807) is 0 Å². The number of ether oxygens (including phenoxy) is 1. The third-order valence-corrected chi connectivity index (χ3v) is 5.84. The lowest BCUT2D eigenvalue weighted by atomic mass is 9.93. The number of amides is 2. The summed E-state index contributed by atoms with van der Waals surface area (Å²) >= 11 is 0. The topological polar surface area (TPSA) is 61.9 Å². The number of piperazine rings is 1. The summed E-state index contributed by atoms with van der Waals surface area (Å²) in [4.78, 5) is 29.2. The SMILES string of the molecule is CC1NCCN(C(=O)C2CCN(C(=O)CCOc3ccccc3)CC2)C1C.Cl. The Labute approximate surface area is 174 Å². The second-order valence-electron chi connectivity index (χ2n) is 7.58. The number of para-hydroxylation sites is 1. The minimum atomic E-state index is 0. The summed E-state index contributed by atoms with van der Waals surface area (Å²) < 4.78 is 5.61. The maximum Gasteiger partial charge on any atom is 0.226 e. The van der Waals surface area contributed by atoms with E-state index in [4.69, 9.17) is 4.74 Å². The highest BCUT2D eigenvalue weighted by Crippen LogP contribution is 2.23. The summed E-state index contributed by atoms with van der Waals surface area (Å²) in [5.41, 5.74) is 0. The molecule has 0 aromatic heterocycles. The lowest BCUT2D eigenvalue weighted by Crippen LogP contribution is -2.59. The Morgan fingerprint density at radius 3 is 2.46 bits per heavy atom. The van der Waals surface area contributed by atoms with Gasteiger partial charge in [0, 0.05) is 44.2 Å². The molecule has 156 valence electrons. The number of benzene rings is 1. The van der Waals surface area contributed by atoms with E-state index in [0.29, 0.717) is 32.2 Å². The number of hydrogen-bond donors (Lipinski definition) is 1. The number of rotatable bonds is 5. The van der Waals surface area contributed by atoms with Crippen LogP contribution in [0.3, 0.4) is 0 Å². The molecule has 0 bridgehead atoms. The van der Waals surface area contributed by atoms with E-state index >= 15 is 0 Å². The van der Waals surface area contributed by atoms with Crippen LogP contribution in [0.1, 0.15) is 33.1 Å². The number of nitrogens with zero attached hydrogens (tertiary/aromatic N) is 2. The molecule has 2 unspecified atom stereocenters. The molecule has 2 aliphatic heterocycles. The van der Waals surface area contributed by atoms with Gasteiger partial charge in [-0.3, -0.25) is 9.59 Å². The van der Waals surface area contributed by atoms with Crippen molar-refractivity contribution in [2.75, 3.05) is 32.8 Å². The highest BCUT2D eigenvalue weighted by Gasteiger charge is 2.34. The van der Waals surface area contributed by atoms with Gasteiger partial charge in [0.2, 0.25) is 11.8 Å². The van der Waals surface area contributed by atoms with Gasteiger partial charge < -0.3 is 19.9 Å². The van der Waals surface area contributed by atoms with Gasteiger partial charge in [0.05, 0.1) is 13.0 Å². The molecule has 28 heavy (non-hydrogen) atoms. The summed E-state index contributed by atoms with van der Waals surface area (Å²) in [6, 6.07) is 10.1. The Balaban J connectivity index is 0.00000280. The Morgan fingerprint density at radius 1 is 1.11 bits per heavy atom. The van der Waals surface area contributed by atoms with Gasteiger partial charge in [0.15, 0.2) is 0 Å². The second-order valence-corrected chi connectivity index (χ2v) is 7.58. The van der Waals surface area contributed by atoms with E-state index in [1.165, 1.54) is 0 Å². The van der Waals surface area contributed by atoms with Gasteiger partial charge in [-0.15, -0.1) is 12.4 Å². The minimum Gasteiger partial charge on any atom is -0.493 e. The van der Waals surface area contributed by atoms with E-state index in [2.05, 4.69) is 19.2 Å². The monoisotopic (exact) mass is 409 g/mol. The van der Waals surface area contributed by atoms with Gasteiger partial charge in [-0.1, -0.05) is 18.2 Å². The molecule has 2 heterocycles. The molecule has 3 rings (SSSR count). The van der Waals surface area contributed by atoms with Crippen molar-refractivity contribution >= 4 is 24.2 Å². The van der Waals surface area contributed by atoms with Crippen molar-refractivity contribution in [1.29, 1.82) is 0 Å². The zero-order valence-corrected chi connectivity index (χ0v) is 17.6. The van der Waals surface area contributed by atoms with Crippen LogP contribution >= 0.6 is 12.4 Å². The maximum absolute atomic E-state index is 12.9. The number of piperidine rings is 1. The van der Waals surface area contributed by atoms with E-state index < -0.39 is 0 Å². The number of hydrogen-bond acceptors (Lipinski definition) is 4. The first kappa shape index (κ1) is 22.5. The number of halogens is 1. The fourth-order valence-corrected chi connectivity index (χ4v) is 3.91. The fourth-order valence-electron chi connectivity index (χ4n) is 3.91. The van der Waals surface area contributed by atoms with Gasteiger partial charge in [-0.25, -0.2) is 0 Å².